The van der Waals surface area contributed by atoms with Gasteiger partial charge in [0.2, 0.25) is 5.95 Å². The summed E-state index contributed by atoms with van der Waals surface area (Å²) in [6.07, 6.45) is 5.85. The molecule has 0 aliphatic rings. The van der Waals surface area contributed by atoms with E-state index in [1.54, 1.807) is 6.20 Å². The number of imidazole rings is 1. The first-order chi connectivity index (χ1) is 6.25. The van der Waals surface area contributed by atoms with Crippen molar-refractivity contribution in [2.24, 2.45) is 0 Å². The minimum absolute atomic E-state index is 0.848. The topological polar surface area (TPSA) is 31.9 Å². The summed E-state index contributed by atoms with van der Waals surface area (Å²) in [5.74, 6) is 0.848. The van der Waals surface area contributed by atoms with E-state index < -0.39 is 0 Å². The Bertz CT molecular complexity index is 256. The number of anilines is 1. The second-order valence-electron chi connectivity index (χ2n) is 2.94. The fourth-order valence-electron chi connectivity index (χ4n) is 1.13. The first kappa shape index (κ1) is 10.2. The predicted molar refractivity (Wildman–Crippen MR) is 59.1 cm³/mol. The normalized spacial score (nSPS) is 10.0. The van der Waals surface area contributed by atoms with Gasteiger partial charge < -0.3 is 9.88 Å². The number of hydrogen-bond donors (Lipinski definition) is 1. The highest BCUT2D eigenvalue weighted by Gasteiger charge is 2.08. The number of aromatic nitrogens is 2. The van der Waals surface area contributed by atoms with Crippen molar-refractivity contribution in [1.29, 1.82) is 0 Å². The van der Waals surface area contributed by atoms with Gasteiger partial charge >= 0.3 is 0 Å². The van der Waals surface area contributed by atoms with E-state index in [2.05, 4.69) is 16.9 Å². The molecule has 0 saturated carbocycles. The van der Waals surface area contributed by atoms with E-state index >= 15 is 0 Å². The third-order valence-electron chi connectivity index (χ3n) is 1.85. The first-order valence-electron chi connectivity index (χ1n) is 4.53. The molecule has 0 atom stereocenters. The fourth-order valence-corrected chi connectivity index (χ4v) is 1.31. The van der Waals surface area contributed by atoms with Crippen LogP contribution in [0.2, 0.25) is 0 Å². The van der Waals surface area contributed by atoms with Crippen LogP contribution in [0.3, 0.4) is 0 Å². The summed E-state index contributed by atoms with van der Waals surface area (Å²) in [5, 5.41) is 0. The standard InChI is InChI=1S/C9H15N3S/c1-3-4-7-12(8(2)13)9-10-5-6-11-9/h5-6H,3-4,7H2,1-2H3,(H,10,11). The first-order valence-corrected chi connectivity index (χ1v) is 4.94. The van der Waals surface area contributed by atoms with Gasteiger partial charge in [0.1, 0.15) is 0 Å². The number of aromatic amines is 1. The fraction of sp³-hybridized carbons (Fsp3) is 0.556. The predicted octanol–water partition coefficient (Wildman–Crippen LogP) is 2.36. The molecule has 1 aromatic heterocycles. The van der Waals surface area contributed by atoms with E-state index in [0.29, 0.717) is 0 Å². The van der Waals surface area contributed by atoms with Crippen LogP contribution in [0.4, 0.5) is 5.95 Å². The van der Waals surface area contributed by atoms with Crippen molar-refractivity contribution in [3.8, 4) is 0 Å². The molecule has 1 N–H and O–H groups in total. The van der Waals surface area contributed by atoms with E-state index in [9.17, 15) is 0 Å². The van der Waals surface area contributed by atoms with Crippen molar-refractivity contribution in [3.05, 3.63) is 12.4 Å². The van der Waals surface area contributed by atoms with Gasteiger partial charge in [-0.2, -0.15) is 0 Å². The molecule has 1 aromatic rings. The number of unbranched alkanes of at least 4 members (excludes halogenated alkanes) is 1. The third kappa shape index (κ3) is 2.81. The van der Waals surface area contributed by atoms with Crippen molar-refractivity contribution in [2.45, 2.75) is 26.7 Å². The van der Waals surface area contributed by atoms with Crippen LogP contribution in [0.1, 0.15) is 26.7 Å². The Morgan fingerprint density at radius 2 is 2.46 bits per heavy atom. The lowest BCUT2D eigenvalue weighted by atomic mass is 10.3. The summed E-state index contributed by atoms with van der Waals surface area (Å²) in [4.78, 5) is 10.1. The molecule has 3 nitrogen and oxygen atoms in total. The molecule has 0 amide bonds. The van der Waals surface area contributed by atoms with Crippen LogP contribution in [0.5, 0.6) is 0 Å². The summed E-state index contributed by atoms with van der Waals surface area (Å²) in [6, 6.07) is 0. The van der Waals surface area contributed by atoms with Crippen molar-refractivity contribution in [3.63, 3.8) is 0 Å². The van der Waals surface area contributed by atoms with Crippen molar-refractivity contribution in [2.75, 3.05) is 11.4 Å². The summed E-state index contributed by atoms with van der Waals surface area (Å²) in [5.41, 5.74) is 0. The average molecular weight is 197 g/mol. The molecule has 72 valence electrons. The second-order valence-corrected chi connectivity index (χ2v) is 3.53. The molecule has 0 aromatic carbocycles. The number of thiocarbonyl (C=S) groups is 1. The Balaban J connectivity index is 2.63. The summed E-state index contributed by atoms with van der Waals surface area (Å²) in [7, 11) is 0. The molecule has 0 fully saturated rings. The Kier molecular flexibility index (Phi) is 3.89. The highest BCUT2D eigenvalue weighted by atomic mass is 32.1. The molecule has 1 heterocycles. The molecule has 0 aliphatic carbocycles. The maximum Gasteiger partial charge on any atom is 0.207 e. The van der Waals surface area contributed by atoms with Crippen LogP contribution in [0, 0.1) is 0 Å². The molecule has 0 unspecified atom stereocenters. The van der Waals surface area contributed by atoms with Crippen LogP contribution in [0.15, 0.2) is 12.4 Å². The molecule has 0 bridgehead atoms. The Morgan fingerprint density at radius 3 is 2.92 bits per heavy atom. The van der Waals surface area contributed by atoms with Gasteiger partial charge in [0.05, 0.1) is 4.99 Å². The van der Waals surface area contributed by atoms with Crippen LogP contribution in [-0.2, 0) is 0 Å². The number of hydrogen-bond acceptors (Lipinski definition) is 2. The zero-order valence-electron chi connectivity index (χ0n) is 8.08. The lowest BCUT2D eigenvalue weighted by Gasteiger charge is -2.19. The molecule has 13 heavy (non-hydrogen) atoms. The van der Waals surface area contributed by atoms with Crippen LogP contribution in [-0.4, -0.2) is 21.5 Å². The molecule has 0 radical (unpaired) electrons. The van der Waals surface area contributed by atoms with Crippen molar-refractivity contribution in [1.82, 2.24) is 9.97 Å². The van der Waals surface area contributed by atoms with E-state index in [0.717, 1.165) is 23.9 Å². The van der Waals surface area contributed by atoms with Gasteiger partial charge in [-0.1, -0.05) is 25.6 Å². The van der Waals surface area contributed by atoms with Crippen LogP contribution in [0.25, 0.3) is 0 Å². The summed E-state index contributed by atoms with van der Waals surface area (Å²) in [6.45, 7) is 5.03. The monoisotopic (exact) mass is 197 g/mol. The maximum absolute atomic E-state index is 5.14. The molecule has 1 rings (SSSR count). The van der Waals surface area contributed by atoms with E-state index in [1.165, 1.54) is 6.42 Å². The van der Waals surface area contributed by atoms with Crippen LogP contribution >= 0.6 is 12.2 Å². The quantitative estimate of drug-likeness (QED) is 0.752. The zero-order chi connectivity index (χ0) is 9.68. The van der Waals surface area contributed by atoms with Gasteiger partial charge in [0.25, 0.3) is 0 Å². The largest absolute Gasteiger partial charge is 0.331 e. The van der Waals surface area contributed by atoms with E-state index in [4.69, 9.17) is 12.2 Å². The Morgan fingerprint density at radius 1 is 1.69 bits per heavy atom. The van der Waals surface area contributed by atoms with Crippen LogP contribution < -0.4 is 4.90 Å². The summed E-state index contributed by atoms with van der Waals surface area (Å²) >= 11 is 5.14. The number of rotatable bonds is 4. The third-order valence-corrected chi connectivity index (χ3v) is 2.08. The summed E-state index contributed by atoms with van der Waals surface area (Å²) < 4.78 is 0. The molecular weight excluding hydrogens is 182 g/mol. The highest BCUT2D eigenvalue weighted by Crippen LogP contribution is 2.08. The van der Waals surface area contributed by atoms with Gasteiger partial charge in [-0.3, -0.25) is 0 Å². The smallest absolute Gasteiger partial charge is 0.207 e. The van der Waals surface area contributed by atoms with Gasteiger partial charge in [-0.25, -0.2) is 4.98 Å². The van der Waals surface area contributed by atoms with E-state index in [1.807, 2.05) is 18.0 Å². The molecular formula is C9H15N3S. The number of H-pyrrole nitrogens is 1. The molecule has 0 saturated heterocycles. The van der Waals surface area contributed by atoms with Crippen molar-refractivity contribution < 1.29 is 0 Å². The lowest BCUT2D eigenvalue weighted by molar-refractivity contribution is 0.787. The van der Waals surface area contributed by atoms with Gasteiger partial charge in [0.15, 0.2) is 0 Å². The zero-order valence-corrected chi connectivity index (χ0v) is 8.90. The maximum atomic E-state index is 5.14. The van der Waals surface area contributed by atoms with Gasteiger partial charge in [-0.05, 0) is 13.3 Å². The van der Waals surface area contributed by atoms with Gasteiger partial charge in [0, 0.05) is 18.9 Å². The lowest BCUT2D eigenvalue weighted by Crippen LogP contribution is -2.29. The molecule has 4 heteroatoms. The minimum atomic E-state index is 0.848. The highest BCUT2D eigenvalue weighted by molar-refractivity contribution is 7.80. The minimum Gasteiger partial charge on any atom is -0.331 e. The molecule has 0 spiro atoms. The Labute approximate surface area is 84.2 Å². The van der Waals surface area contributed by atoms with Gasteiger partial charge in [-0.15, -0.1) is 0 Å². The number of nitrogens with one attached hydrogen (secondary N) is 1. The molecule has 0 aliphatic heterocycles. The van der Waals surface area contributed by atoms with Crippen molar-refractivity contribution >= 4 is 23.2 Å². The Hall–Kier alpha value is -0.900. The average Bonchev–Trinajstić information content (AvgIpc) is 2.57. The van der Waals surface area contributed by atoms with E-state index in [-0.39, 0.29) is 0 Å². The number of nitrogens with zero attached hydrogens (tertiary/aromatic N) is 2. The second kappa shape index (κ2) is 4.97. The SMILES string of the molecule is CCCCN(C(C)=S)c1ncc[nH]1.